The van der Waals surface area contributed by atoms with Gasteiger partial charge in [0.1, 0.15) is 4.70 Å². The van der Waals surface area contributed by atoms with Crippen molar-refractivity contribution in [3.8, 4) is 0 Å². The highest BCUT2D eigenvalue weighted by atomic mass is 32.1. The minimum atomic E-state index is -0.736. The van der Waals surface area contributed by atoms with E-state index >= 15 is 0 Å². The minimum Gasteiger partial charge on any atom is -0.481 e. The summed E-state index contributed by atoms with van der Waals surface area (Å²) in [6.07, 6.45) is 1.18. The van der Waals surface area contributed by atoms with Crippen molar-refractivity contribution < 1.29 is 9.90 Å². The second-order valence-electron chi connectivity index (χ2n) is 5.01. The summed E-state index contributed by atoms with van der Waals surface area (Å²) in [4.78, 5) is 29.7. The molecule has 0 aromatic carbocycles. The van der Waals surface area contributed by atoms with Gasteiger partial charge in [-0.25, -0.2) is 4.98 Å². The number of nitrogens with zero attached hydrogens (tertiary/aromatic N) is 3. The van der Waals surface area contributed by atoms with Crippen molar-refractivity contribution in [3.63, 3.8) is 0 Å². The summed E-state index contributed by atoms with van der Waals surface area (Å²) in [5.74, 6) is -0.391. The number of hydrogen-bond donors (Lipinski definition) is 1. The monoisotopic (exact) mass is 293 g/mol. The van der Waals surface area contributed by atoms with E-state index in [0.29, 0.717) is 42.1 Å². The molecule has 0 saturated carbocycles. The third-order valence-electron chi connectivity index (χ3n) is 3.79. The third-order valence-corrected chi connectivity index (χ3v) is 4.68. The Kier molecular flexibility index (Phi) is 3.21. The smallest absolute Gasteiger partial charge is 0.306 e. The number of carboxylic acid groups (broad SMARTS) is 1. The van der Waals surface area contributed by atoms with Gasteiger partial charge >= 0.3 is 5.97 Å². The number of hydrogen-bond acceptors (Lipinski definition) is 5. The van der Waals surface area contributed by atoms with Crippen molar-refractivity contribution >= 4 is 33.5 Å². The molecular weight excluding hydrogens is 278 g/mol. The standard InChI is InChI=1S/C13H15N3O3S/c1-15-11(17)10-9(4-7-20-10)14-13(15)16-5-2-8(3-6-16)12(18)19/h4,7-8H,2-3,5-6H2,1H3,(H,18,19). The van der Waals surface area contributed by atoms with E-state index in [-0.39, 0.29) is 11.5 Å². The Morgan fingerprint density at radius 1 is 1.45 bits per heavy atom. The number of aromatic nitrogens is 2. The van der Waals surface area contributed by atoms with Crippen LogP contribution in [0.3, 0.4) is 0 Å². The summed E-state index contributed by atoms with van der Waals surface area (Å²) in [7, 11) is 1.72. The fraction of sp³-hybridized carbons (Fsp3) is 0.462. The van der Waals surface area contributed by atoms with Crippen LogP contribution in [0.2, 0.25) is 0 Å². The van der Waals surface area contributed by atoms with Crippen molar-refractivity contribution in [2.24, 2.45) is 13.0 Å². The van der Waals surface area contributed by atoms with Gasteiger partial charge in [-0.15, -0.1) is 11.3 Å². The van der Waals surface area contributed by atoms with E-state index in [1.165, 1.54) is 11.3 Å². The Balaban J connectivity index is 1.93. The van der Waals surface area contributed by atoms with Gasteiger partial charge in [-0.3, -0.25) is 14.2 Å². The van der Waals surface area contributed by atoms with Gasteiger partial charge in [0.25, 0.3) is 5.56 Å². The van der Waals surface area contributed by atoms with Crippen LogP contribution < -0.4 is 10.5 Å². The summed E-state index contributed by atoms with van der Waals surface area (Å²) in [6.45, 7) is 1.24. The van der Waals surface area contributed by atoms with Crippen LogP contribution in [0.5, 0.6) is 0 Å². The first-order chi connectivity index (χ1) is 9.58. The van der Waals surface area contributed by atoms with Crippen LogP contribution >= 0.6 is 11.3 Å². The highest BCUT2D eigenvalue weighted by molar-refractivity contribution is 7.17. The molecule has 20 heavy (non-hydrogen) atoms. The molecule has 2 aromatic heterocycles. The molecule has 1 N–H and O–H groups in total. The lowest BCUT2D eigenvalue weighted by atomic mass is 9.97. The first kappa shape index (κ1) is 13.1. The molecule has 0 aliphatic carbocycles. The molecule has 0 atom stereocenters. The maximum Gasteiger partial charge on any atom is 0.306 e. The largest absolute Gasteiger partial charge is 0.481 e. The van der Waals surface area contributed by atoms with Crippen molar-refractivity contribution in [2.75, 3.05) is 18.0 Å². The van der Waals surface area contributed by atoms with E-state index in [0.717, 1.165) is 0 Å². The zero-order chi connectivity index (χ0) is 14.3. The Bertz CT molecular complexity index is 713. The zero-order valence-electron chi connectivity index (χ0n) is 11.1. The van der Waals surface area contributed by atoms with E-state index in [1.807, 2.05) is 16.3 Å². The van der Waals surface area contributed by atoms with Gasteiger partial charge in [-0.1, -0.05) is 0 Å². The highest BCUT2D eigenvalue weighted by Gasteiger charge is 2.26. The number of fused-ring (bicyclic) bond motifs is 1. The zero-order valence-corrected chi connectivity index (χ0v) is 11.9. The summed E-state index contributed by atoms with van der Waals surface area (Å²) < 4.78 is 2.22. The van der Waals surface area contributed by atoms with Crippen LogP contribution in [-0.2, 0) is 11.8 Å². The molecule has 3 heterocycles. The number of rotatable bonds is 2. The molecule has 3 rings (SSSR count). The number of thiophene rings is 1. The first-order valence-electron chi connectivity index (χ1n) is 6.50. The summed E-state index contributed by atoms with van der Waals surface area (Å²) in [6, 6.07) is 1.84. The lowest BCUT2D eigenvalue weighted by Crippen LogP contribution is -2.39. The van der Waals surface area contributed by atoms with Gasteiger partial charge in [0.05, 0.1) is 11.4 Å². The molecule has 0 radical (unpaired) electrons. The molecule has 6 nitrogen and oxygen atoms in total. The fourth-order valence-electron chi connectivity index (χ4n) is 2.59. The number of piperidine rings is 1. The normalized spacial score (nSPS) is 16.8. The quantitative estimate of drug-likeness (QED) is 0.903. The van der Waals surface area contributed by atoms with E-state index in [4.69, 9.17) is 5.11 Å². The van der Waals surface area contributed by atoms with Crippen LogP contribution in [-0.4, -0.2) is 33.7 Å². The maximum absolute atomic E-state index is 12.2. The van der Waals surface area contributed by atoms with Crippen molar-refractivity contribution in [1.82, 2.24) is 9.55 Å². The molecule has 1 aliphatic rings. The first-order valence-corrected chi connectivity index (χ1v) is 7.38. The number of aliphatic carboxylic acids is 1. The van der Waals surface area contributed by atoms with Gasteiger partial charge in [0.15, 0.2) is 0 Å². The van der Waals surface area contributed by atoms with Gasteiger partial charge < -0.3 is 10.0 Å². The molecule has 0 unspecified atom stereocenters. The molecule has 2 aromatic rings. The van der Waals surface area contributed by atoms with Gasteiger partial charge in [-0.05, 0) is 24.3 Å². The van der Waals surface area contributed by atoms with Gasteiger partial charge in [0, 0.05) is 20.1 Å². The molecule has 1 aliphatic heterocycles. The Labute approximate surface area is 119 Å². The molecule has 1 saturated heterocycles. The van der Waals surface area contributed by atoms with Crippen LogP contribution in [0.1, 0.15) is 12.8 Å². The van der Waals surface area contributed by atoms with Crippen molar-refractivity contribution in [2.45, 2.75) is 12.8 Å². The molecule has 0 amide bonds. The van der Waals surface area contributed by atoms with Crippen LogP contribution in [0.15, 0.2) is 16.2 Å². The minimum absolute atomic E-state index is 0.0413. The van der Waals surface area contributed by atoms with Crippen LogP contribution in [0, 0.1) is 5.92 Å². The molecular formula is C13H15N3O3S. The van der Waals surface area contributed by atoms with E-state index in [1.54, 1.807) is 11.6 Å². The Morgan fingerprint density at radius 3 is 2.80 bits per heavy atom. The van der Waals surface area contributed by atoms with E-state index < -0.39 is 5.97 Å². The van der Waals surface area contributed by atoms with Crippen molar-refractivity contribution in [3.05, 3.63) is 21.8 Å². The maximum atomic E-state index is 12.2. The predicted octanol–water partition coefficient (Wildman–Crippen LogP) is 1.30. The SMILES string of the molecule is Cn1c(N2CCC(C(=O)O)CC2)nc2ccsc2c1=O. The average Bonchev–Trinajstić information content (AvgIpc) is 2.91. The lowest BCUT2D eigenvalue weighted by Gasteiger charge is -2.31. The van der Waals surface area contributed by atoms with Crippen molar-refractivity contribution in [1.29, 1.82) is 0 Å². The molecule has 1 fully saturated rings. The molecule has 106 valence electrons. The summed E-state index contributed by atoms with van der Waals surface area (Å²) in [5.41, 5.74) is 0.675. The van der Waals surface area contributed by atoms with Gasteiger partial charge in [-0.2, -0.15) is 0 Å². The average molecular weight is 293 g/mol. The van der Waals surface area contributed by atoms with Crippen LogP contribution in [0.25, 0.3) is 10.2 Å². The Morgan fingerprint density at radius 2 is 2.15 bits per heavy atom. The second-order valence-corrected chi connectivity index (χ2v) is 5.93. The summed E-state index contributed by atoms with van der Waals surface area (Å²) >= 11 is 1.40. The van der Waals surface area contributed by atoms with Gasteiger partial charge in [0.2, 0.25) is 5.95 Å². The fourth-order valence-corrected chi connectivity index (χ4v) is 3.39. The third kappa shape index (κ3) is 2.07. The second kappa shape index (κ2) is 4.90. The molecule has 0 bridgehead atoms. The topological polar surface area (TPSA) is 75.4 Å². The number of anilines is 1. The van der Waals surface area contributed by atoms with E-state index in [2.05, 4.69) is 4.98 Å². The lowest BCUT2D eigenvalue weighted by molar-refractivity contribution is -0.142. The predicted molar refractivity (Wildman–Crippen MR) is 77.4 cm³/mol. The highest BCUT2D eigenvalue weighted by Crippen LogP contribution is 2.23. The number of carboxylic acids is 1. The van der Waals surface area contributed by atoms with Crippen LogP contribution in [0.4, 0.5) is 5.95 Å². The number of carbonyl (C=O) groups is 1. The molecule has 7 heteroatoms. The Hall–Kier alpha value is -1.89. The van der Waals surface area contributed by atoms with E-state index in [9.17, 15) is 9.59 Å². The molecule has 0 spiro atoms. The summed E-state index contributed by atoms with van der Waals surface area (Å²) in [5, 5.41) is 10.9.